The van der Waals surface area contributed by atoms with Crippen molar-refractivity contribution in [3.05, 3.63) is 41.8 Å². The molecule has 2 aromatic rings. The van der Waals surface area contributed by atoms with Gasteiger partial charge in [-0.2, -0.15) is 4.98 Å². The van der Waals surface area contributed by atoms with Crippen LogP contribution in [0.4, 0.5) is 21.8 Å². The number of benzene rings is 1. The van der Waals surface area contributed by atoms with Crippen LogP contribution >= 0.6 is 0 Å². The van der Waals surface area contributed by atoms with Crippen LogP contribution in [0.25, 0.3) is 0 Å². The minimum Gasteiger partial charge on any atom is -0.368 e. The second-order valence-electron chi connectivity index (χ2n) is 6.56. The van der Waals surface area contributed by atoms with E-state index in [1.807, 2.05) is 25.1 Å². The first-order chi connectivity index (χ1) is 11.7. The van der Waals surface area contributed by atoms with Crippen LogP contribution in [0.5, 0.6) is 0 Å². The van der Waals surface area contributed by atoms with Gasteiger partial charge in [0.2, 0.25) is 5.95 Å². The molecule has 2 aliphatic rings. The molecule has 0 unspecified atom stereocenters. The maximum Gasteiger partial charge on any atom is 0.227 e. The van der Waals surface area contributed by atoms with Crippen LogP contribution in [0.2, 0.25) is 0 Å². The summed E-state index contributed by atoms with van der Waals surface area (Å²) in [5, 5.41) is 3.45. The van der Waals surface area contributed by atoms with E-state index >= 15 is 0 Å². The Bertz CT molecular complexity index is 706. The highest BCUT2D eigenvalue weighted by molar-refractivity contribution is 5.50. The molecule has 1 aliphatic heterocycles. The van der Waals surface area contributed by atoms with Crippen molar-refractivity contribution in [3.63, 3.8) is 0 Å². The lowest BCUT2D eigenvalue weighted by atomic mass is 10.2. The highest BCUT2D eigenvalue weighted by atomic mass is 19.1. The Labute approximate surface area is 141 Å². The van der Waals surface area contributed by atoms with E-state index in [-0.39, 0.29) is 5.82 Å². The van der Waals surface area contributed by atoms with E-state index in [2.05, 4.69) is 25.1 Å². The topological polar surface area (TPSA) is 44.3 Å². The van der Waals surface area contributed by atoms with Crippen LogP contribution in [0, 0.1) is 12.7 Å². The zero-order chi connectivity index (χ0) is 16.5. The van der Waals surface area contributed by atoms with Crippen LogP contribution in [0.15, 0.2) is 30.3 Å². The van der Waals surface area contributed by atoms with Crippen molar-refractivity contribution in [3.8, 4) is 0 Å². The summed E-state index contributed by atoms with van der Waals surface area (Å²) in [6.07, 6.45) is 2.46. The third-order valence-electron chi connectivity index (χ3n) is 4.53. The summed E-state index contributed by atoms with van der Waals surface area (Å²) in [7, 11) is 0. The van der Waals surface area contributed by atoms with Crippen molar-refractivity contribution < 1.29 is 4.39 Å². The molecule has 4 rings (SSSR count). The van der Waals surface area contributed by atoms with E-state index in [1.165, 1.54) is 25.0 Å². The van der Waals surface area contributed by atoms with Crippen molar-refractivity contribution in [2.75, 3.05) is 41.3 Å². The summed E-state index contributed by atoms with van der Waals surface area (Å²) in [5.41, 5.74) is 2.06. The number of hydrogen-bond donors (Lipinski definition) is 1. The van der Waals surface area contributed by atoms with Gasteiger partial charge in [0, 0.05) is 49.7 Å². The smallest absolute Gasteiger partial charge is 0.227 e. The fourth-order valence-electron chi connectivity index (χ4n) is 3.02. The van der Waals surface area contributed by atoms with Crippen molar-refractivity contribution in [1.82, 2.24) is 9.97 Å². The lowest BCUT2D eigenvalue weighted by molar-refractivity contribution is 0.623. The van der Waals surface area contributed by atoms with Crippen LogP contribution in [0.3, 0.4) is 0 Å². The van der Waals surface area contributed by atoms with E-state index in [0.717, 1.165) is 49.3 Å². The third-order valence-corrected chi connectivity index (χ3v) is 4.53. The van der Waals surface area contributed by atoms with Gasteiger partial charge in [-0.25, -0.2) is 9.37 Å². The quantitative estimate of drug-likeness (QED) is 0.935. The maximum atomic E-state index is 13.1. The van der Waals surface area contributed by atoms with Crippen molar-refractivity contribution in [1.29, 1.82) is 0 Å². The van der Waals surface area contributed by atoms with Gasteiger partial charge in [0.1, 0.15) is 11.6 Å². The van der Waals surface area contributed by atoms with Gasteiger partial charge in [0.05, 0.1) is 0 Å². The minimum atomic E-state index is -0.193. The van der Waals surface area contributed by atoms with Gasteiger partial charge >= 0.3 is 0 Å². The van der Waals surface area contributed by atoms with E-state index < -0.39 is 0 Å². The molecule has 1 saturated heterocycles. The molecular weight excluding hydrogens is 305 g/mol. The van der Waals surface area contributed by atoms with Gasteiger partial charge in [-0.05, 0) is 44.0 Å². The van der Waals surface area contributed by atoms with Crippen molar-refractivity contribution in [2.24, 2.45) is 0 Å². The maximum absolute atomic E-state index is 13.1. The largest absolute Gasteiger partial charge is 0.368 e. The second-order valence-corrected chi connectivity index (χ2v) is 6.56. The van der Waals surface area contributed by atoms with Crippen LogP contribution in [-0.2, 0) is 0 Å². The lowest BCUT2D eigenvalue weighted by Gasteiger charge is -2.36. The Morgan fingerprint density at radius 2 is 1.67 bits per heavy atom. The summed E-state index contributed by atoms with van der Waals surface area (Å²) >= 11 is 0. The standard InChI is InChI=1S/C18H22FN5/c1-13-12-17(21-15-4-5-15)22-18(20-13)24-10-8-23(9-11-24)16-6-2-14(19)3-7-16/h2-3,6-7,12,15H,4-5,8-11H2,1H3,(H,20,21,22). The van der Waals surface area contributed by atoms with E-state index in [1.54, 1.807) is 0 Å². The van der Waals surface area contributed by atoms with Gasteiger partial charge in [0.25, 0.3) is 0 Å². The van der Waals surface area contributed by atoms with Gasteiger partial charge in [-0.1, -0.05) is 0 Å². The molecule has 5 nitrogen and oxygen atoms in total. The molecule has 0 spiro atoms. The van der Waals surface area contributed by atoms with Gasteiger partial charge < -0.3 is 15.1 Å². The zero-order valence-electron chi connectivity index (χ0n) is 13.9. The molecule has 0 bridgehead atoms. The first-order valence-electron chi connectivity index (χ1n) is 8.55. The summed E-state index contributed by atoms with van der Waals surface area (Å²) in [6.45, 7) is 5.51. The molecule has 1 aromatic carbocycles. The van der Waals surface area contributed by atoms with Crippen LogP contribution < -0.4 is 15.1 Å². The zero-order valence-corrected chi connectivity index (χ0v) is 13.9. The number of aryl methyl sites for hydroxylation is 1. The molecule has 1 saturated carbocycles. The lowest BCUT2D eigenvalue weighted by Crippen LogP contribution is -2.47. The number of nitrogens with zero attached hydrogens (tertiary/aromatic N) is 4. The second kappa shape index (κ2) is 6.26. The summed E-state index contributed by atoms with van der Waals surface area (Å²) < 4.78 is 13.1. The van der Waals surface area contributed by atoms with Crippen molar-refractivity contribution in [2.45, 2.75) is 25.8 Å². The number of aromatic nitrogens is 2. The molecule has 1 aromatic heterocycles. The number of nitrogens with one attached hydrogen (secondary N) is 1. The fourth-order valence-corrected chi connectivity index (χ4v) is 3.02. The predicted octanol–water partition coefficient (Wildman–Crippen LogP) is 2.83. The van der Waals surface area contributed by atoms with Crippen LogP contribution in [-0.4, -0.2) is 42.2 Å². The fraction of sp³-hybridized carbons (Fsp3) is 0.444. The van der Waals surface area contributed by atoms with E-state index in [4.69, 9.17) is 0 Å². The molecule has 1 N–H and O–H groups in total. The summed E-state index contributed by atoms with van der Waals surface area (Å²) in [6, 6.07) is 9.30. The molecule has 24 heavy (non-hydrogen) atoms. The van der Waals surface area contributed by atoms with Gasteiger partial charge in [-0.15, -0.1) is 0 Å². The molecule has 2 fully saturated rings. The van der Waals surface area contributed by atoms with Crippen LogP contribution in [0.1, 0.15) is 18.5 Å². The Morgan fingerprint density at radius 3 is 2.33 bits per heavy atom. The Hall–Kier alpha value is -2.37. The highest BCUT2D eigenvalue weighted by Gasteiger charge is 2.23. The Kier molecular flexibility index (Phi) is 3.96. The molecule has 0 atom stereocenters. The predicted molar refractivity (Wildman–Crippen MR) is 94.2 cm³/mol. The van der Waals surface area contributed by atoms with E-state index in [0.29, 0.717) is 6.04 Å². The monoisotopic (exact) mass is 327 g/mol. The number of halogens is 1. The Balaban J connectivity index is 1.43. The molecule has 2 heterocycles. The average Bonchev–Trinajstić information content (AvgIpc) is 3.39. The van der Waals surface area contributed by atoms with Gasteiger partial charge in [0.15, 0.2) is 0 Å². The SMILES string of the molecule is Cc1cc(NC2CC2)nc(N2CCN(c3ccc(F)cc3)CC2)n1. The molecule has 0 amide bonds. The Morgan fingerprint density at radius 1 is 1.00 bits per heavy atom. The number of hydrogen-bond acceptors (Lipinski definition) is 5. The summed E-state index contributed by atoms with van der Waals surface area (Å²) in [4.78, 5) is 13.8. The molecule has 126 valence electrons. The number of piperazine rings is 1. The minimum absolute atomic E-state index is 0.193. The first-order valence-corrected chi connectivity index (χ1v) is 8.55. The molecule has 0 radical (unpaired) electrons. The number of rotatable bonds is 4. The summed E-state index contributed by atoms with van der Waals surface area (Å²) in [5.74, 6) is 1.54. The molecule has 1 aliphatic carbocycles. The third kappa shape index (κ3) is 3.42. The van der Waals surface area contributed by atoms with Gasteiger partial charge in [-0.3, -0.25) is 0 Å². The molecule has 6 heteroatoms. The average molecular weight is 327 g/mol. The first kappa shape index (κ1) is 15.2. The van der Waals surface area contributed by atoms with Crippen molar-refractivity contribution >= 4 is 17.5 Å². The van der Waals surface area contributed by atoms with E-state index in [9.17, 15) is 4.39 Å². The number of anilines is 3. The highest BCUT2D eigenvalue weighted by Crippen LogP contribution is 2.25. The molecular formula is C18H22FN5. The normalized spacial score (nSPS) is 17.9.